The Hall–Kier alpha value is -2.30. The van der Waals surface area contributed by atoms with Crippen LogP contribution in [0.3, 0.4) is 0 Å². The number of likely N-dealkylation sites (tertiary alicyclic amines) is 1. The first kappa shape index (κ1) is 15.1. The first-order valence-electron chi connectivity index (χ1n) is 7.04. The van der Waals surface area contributed by atoms with Crippen molar-refractivity contribution in [1.82, 2.24) is 4.90 Å². The van der Waals surface area contributed by atoms with E-state index in [0.717, 1.165) is 18.4 Å². The van der Waals surface area contributed by atoms with Gasteiger partial charge in [-0.1, -0.05) is 12.1 Å². The second-order valence-electron chi connectivity index (χ2n) is 5.07. The van der Waals surface area contributed by atoms with Crippen molar-refractivity contribution in [3.05, 3.63) is 35.9 Å². The number of hydrogen-bond acceptors (Lipinski definition) is 4. The molecule has 1 unspecified atom stereocenters. The molecule has 1 atom stereocenters. The Balaban J connectivity index is 2.08. The molecule has 21 heavy (non-hydrogen) atoms. The fourth-order valence-corrected chi connectivity index (χ4v) is 2.50. The van der Waals surface area contributed by atoms with Gasteiger partial charge in [-0.2, -0.15) is 0 Å². The number of anilines is 1. The Morgan fingerprint density at radius 3 is 2.90 bits per heavy atom. The Morgan fingerprint density at radius 1 is 1.38 bits per heavy atom. The zero-order chi connectivity index (χ0) is 15.2. The molecule has 1 amide bonds. The van der Waals surface area contributed by atoms with Crippen molar-refractivity contribution in [2.24, 2.45) is 0 Å². The number of carbonyl (C=O) groups is 2. The highest BCUT2D eigenvalue weighted by Crippen LogP contribution is 2.19. The van der Waals surface area contributed by atoms with E-state index in [1.54, 1.807) is 23.1 Å². The minimum Gasteiger partial charge on any atom is -0.467 e. The molecular weight excluding hydrogens is 268 g/mol. The Morgan fingerprint density at radius 2 is 2.19 bits per heavy atom. The van der Waals surface area contributed by atoms with E-state index in [1.165, 1.54) is 13.2 Å². The second kappa shape index (κ2) is 6.92. The van der Waals surface area contributed by atoms with E-state index in [-0.39, 0.29) is 11.9 Å². The number of hydrogen-bond donors (Lipinski definition) is 1. The predicted octanol–water partition coefficient (Wildman–Crippen LogP) is 1.84. The van der Waals surface area contributed by atoms with Crippen molar-refractivity contribution in [3.8, 4) is 0 Å². The van der Waals surface area contributed by atoms with Crippen molar-refractivity contribution in [1.29, 1.82) is 0 Å². The van der Waals surface area contributed by atoms with E-state index in [4.69, 9.17) is 10.5 Å². The third-order valence-corrected chi connectivity index (χ3v) is 3.59. The molecule has 0 radical (unpaired) electrons. The lowest BCUT2D eigenvalue weighted by atomic mass is 10.0. The molecule has 0 bridgehead atoms. The van der Waals surface area contributed by atoms with Crippen molar-refractivity contribution < 1.29 is 14.3 Å². The zero-order valence-corrected chi connectivity index (χ0v) is 12.1. The molecule has 1 aromatic rings. The standard InChI is InChI=1S/C16H20N2O3/c1-21-16(20)14-7-2-3-10-18(14)15(19)9-8-12-5-4-6-13(17)11-12/h4-6,8-9,11,14H,2-3,7,10,17H2,1H3/b9-8+. The molecule has 1 saturated heterocycles. The van der Waals surface area contributed by atoms with Gasteiger partial charge in [-0.25, -0.2) is 4.79 Å². The summed E-state index contributed by atoms with van der Waals surface area (Å²) in [5, 5.41) is 0. The van der Waals surface area contributed by atoms with Crippen LogP contribution < -0.4 is 5.73 Å². The van der Waals surface area contributed by atoms with Crippen LogP contribution in [0.1, 0.15) is 24.8 Å². The fourth-order valence-electron chi connectivity index (χ4n) is 2.50. The quantitative estimate of drug-likeness (QED) is 0.523. The van der Waals surface area contributed by atoms with Gasteiger partial charge in [0.15, 0.2) is 0 Å². The van der Waals surface area contributed by atoms with Crippen molar-refractivity contribution >= 4 is 23.6 Å². The van der Waals surface area contributed by atoms with E-state index in [2.05, 4.69) is 0 Å². The van der Waals surface area contributed by atoms with Crippen LogP contribution in [0.5, 0.6) is 0 Å². The van der Waals surface area contributed by atoms with Gasteiger partial charge < -0.3 is 15.4 Å². The number of piperidine rings is 1. The first-order valence-corrected chi connectivity index (χ1v) is 7.04. The summed E-state index contributed by atoms with van der Waals surface area (Å²) in [5.41, 5.74) is 7.20. The van der Waals surface area contributed by atoms with Crippen LogP contribution in [-0.4, -0.2) is 36.5 Å². The molecule has 2 N–H and O–H groups in total. The third-order valence-electron chi connectivity index (χ3n) is 3.59. The third kappa shape index (κ3) is 3.84. The summed E-state index contributed by atoms with van der Waals surface area (Å²) >= 11 is 0. The summed E-state index contributed by atoms with van der Waals surface area (Å²) in [6, 6.07) is 6.81. The number of nitrogens with zero attached hydrogens (tertiary/aromatic N) is 1. The molecule has 5 heteroatoms. The van der Waals surface area contributed by atoms with Crippen LogP contribution in [0.4, 0.5) is 5.69 Å². The molecule has 0 aliphatic carbocycles. The zero-order valence-electron chi connectivity index (χ0n) is 12.1. The van der Waals surface area contributed by atoms with Gasteiger partial charge in [0.05, 0.1) is 7.11 Å². The number of nitrogen functional groups attached to an aromatic ring is 1. The molecule has 0 spiro atoms. The van der Waals surface area contributed by atoms with Gasteiger partial charge in [-0.15, -0.1) is 0 Å². The van der Waals surface area contributed by atoms with E-state index in [1.807, 2.05) is 12.1 Å². The van der Waals surface area contributed by atoms with E-state index in [9.17, 15) is 9.59 Å². The van der Waals surface area contributed by atoms with E-state index in [0.29, 0.717) is 18.7 Å². The average Bonchev–Trinajstić information content (AvgIpc) is 2.52. The lowest BCUT2D eigenvalue weighted by molar-refractivity contribution is -0.153. The smallest absolute Gasteiger partial charge is 0.328 e. The van der Waals surface area contributed by atoms with Crippen LogP contribution in [0.15, 0.2) is 30.3 Å². The SMILES string of the molecule is COC(=O)C1CCCCN1C(=O)/C=C/c1cccc(N)c1. The number of carbonyl (C=O) groups excluding carboxylic acids is 2. The fraction of sp³-hybridized carbons (Fsp3) is 0.375. The monoisotopic (exact) mass is 288 g/mol. The predicted molar refractivity (Wildman–Crippen MR) is 81.3 cm³/mol. The van der Waals surface area contributed by atoms with Crippen LogP contribution in [0.25, 0.3) is 6.08 Å². The molecule has 2 rings (SSSR count). The molecule has 5 nitrogen and oxygen atoms in total. The van der Waals surface area contributed by atoms with E-state index >= 15 is 0 Å². The molecule has 1 aliphatic rings. The molecule has 1 aliphatic heterocycles. The Labute approximate surface area is 124 Å². The minimum absolute atomic E-state index is 0.174. The maximum absolute atomic E-state index is 12.3. The number of nitrogens with two attached hydrogens (primary N) is 1. The van der Waals surface area contributed by atoms with Crippen LogP contribution >= 0.6 is 0 Å². The summed E-state index contributed by atoms with van der Waals surface area (Å²) in [5.74, 6) is -0.520. The van der Waals surface area contributed by atoms with Gasteiger partial charge in [0.1, 0.15) is 6.04 Å². The number of benzene rings is 1. The summed E-state index contributed by atoms with van der Waals surface area (Å²) in [4.78, 5) is 25.6. The Bertz CT molecular complexity index is 554. The first-order chi connectivity index (χ1) is 10.1. The lowest BCUT2D eigenvalue weighted by Gasteiger charge is -2.32. The minimum atomic E-state index is -0.471. The van der Waals surface area contributed by atoms with Crippen LogP contribution in [-0.2, 0) is 14.3 Å². The Kier molecular flexibility index (Phi) is 4.98. The highest BCUT2D eigenvalue weighted by Gasteiger charge is 2.31. The van der Waals surface area contributed by atoms with Crippen molar-refractivity contribution in [2.75, 3.05) is 19.4 Å². The van der Waals surface area contributed by atoms with Crippen molar-refractivity contribution in [2.45, 2.75) is 25.3 Å². The molecule has 0 saturated carbocycles. The van der Waals surface area contributed by atoms with Gasteiger partial charge in [0, 0.05) is 18.3 Å². The largest absolute Gasteiger partial charge is 0.467 e. The molecular formula is C16H20N2O3. The normalized spacial score (nSPS) is 18.7. The summed E-state index contributed by atoms with van der Waals surface area (Å²) in [6.07, 6.45) is 5.69. The van der Waals surface area contributed by atoms with Crippen molar-refractivity contribution in [3.63, 3.8) is 0 Å². The summed E-state index contributed by atoms with van der Waals surface area (Å²) < 4.78 is 4.78. The summed E-state index contributed by atoms with van der Waals surface area (Å²) in [7, 11) is 1.35. The molecule has 1 aromatic carbocycles. The van der Waals surface area contributed by atoms with Gasteiger partial charge in [0.2, 0.25) is 5.91 Å². The topological polar surface area (TPSA) is 72.6 Å². The maximum atomic E-state index is 12.3. The second-order valence-corrected chi connectivity index (χ2v) is 5.07. The van der Waals surface area contributed by atoms with Gasteiger partial charge in [-0.3, -0.25) is 4.79 Å². The van der Waals surface area contributed by atoms with Gasteiger partial charge >= 0.3 is 5.97 Å². The maximum Gasteiger partial charge on any atom is 0.328 e. The summed E-state index contributed by atoms with van der Waals surface area (Å²) in [6.45, 7) is 0.583. The number of esters is 1. The van der Waals surface area contributed by atoms with Gasteiger partial charge in [-0.05, 0) is 43.0 Å². The van der Waals surface area contributed by atoms with Gasteiger partial charge in [0.25, 0.3) is 0 Å². The number of ether oxygens (including phenoxy) is 1. The highest BCUT2D eigenvalue weighted by atomic mass is 16.5. The highest BCUT2D eigenvalue weighted by molar-refractivity contribution is 5.94. The number of amides is 1. The van der Waals surface area contributed by atoms with E-state index < -0.39 is 6.04 Å². The molecule has 0 aromatic heterocycles. The molecule has 1 fully saturated rings. The van der Waals surface area contributed by atoms with Crippen LogP contribution in [0.2, 0.25) is 0 Å². The lowest BCUT2D eigenvalue weighted by Crippen LogP contribution is -2.47. The average molecular weight is 288 g/mol. The number of methoxy groups -OCH3 is 1. The molecule has 112 valence electrons. The number of rotatable bonds is 3. The molecule has 1 heterocycles. The van der Waals surface area contributed by atoms with Crippen LogP contribution in [0, 0.1) is 0 Å².